The van der Waals surface area contributed by atoms with Crippen molar-refractivity contribution in [3.63, 3.8) is 0 Å². The van der Waals surface area contributed by atoms with Crippen LogP contribution in [0.4, 0.5) is 0 Å². The Bertz CT molecular complexity index is 908. The minimum absolute atomic E-state index is 0.0673. The average Bonchev–Trinajstić information content (AvgIpc) is 2.90. The molecule has 0 N–H and O–H groups in total. The average molecular weight is 322 g/mol. The van der Waals surface area contributed by atoms with Crippen molar-refractivity contribution in [2.75, 3.05) is 13.7 Å². The summed E-state index contributed by atoms with van der Waals surface area (Å²) in [5, 5.41) is 1.28. The molecular formula is C20H22N2O2. The molecule has 6 rings (SSSR count). The number of hydrogen-bond donors (Lipinski definition) is 0. The van der Waals surface area contributed by atoms with Gasteiger partial charge in [0.15, 0.2) is 5.78 Å². The number of ether oxygens (including phenoxy) is 1. The van der Waals surface area contributed by atoms with Crippen LogP contribution in [0.5, 0.6) is 5.75 Å². The van der Waals surface area contributed by atoms with Crippen molar-refractivity contribution in [1.29, 1.82) is 0 Å². The SMILES string of the molecule is C/C=C1/CN2[C@H]3Cc4c(n(C)c5cc(OC)ccc45)[C@@H]2C[C@@H]1C3=O. The highest BCUT2D eigenvalue weighted by molar-refractivity contribution is 5.94. The molecule has 4 atom stereocenters. The number of carbonyl (C=O) groups excluding carboxylic acids is 1. The van der Waals surface area contributed by atoms with Gasteiger partial charge in [0.1, 0.15) is 5.75 Å². The van der Waals surface area contributed by atoms with E-state index in [1.165, 1.54) is 27.7 Å². The zero-order chi connectivity index (χ0) is 16.6. The number of benzene rings is 1. The second-order valence-electron chi connectivity index (χ2n) is 7.27. The van der Waals surface area contributed by atoms with Crippen molar-refractivity contribution in [2.45, 2.75) is 31.8 Å². The number of allylic oxidation sites excluding steroid dienone is 1. The highest BCUT2D eigenvalue weighted by atomic mass is 16.5. The summed E-state index contributed by atoms with van der Waals surface area (Å²) in [6.07, 6.45) is 3.93. The topological polar surface area (TPSA) is 34.5 Å². The summed E-state index contributed by atoms with van der Waals surface area (Å²) in [5.41, 5.74) is 5.30. The van der Waals surface area contributed by atoms with Gasteiger partial charge in [0.2, 0.25) is 0 Å². The molecule has 5 heterocycles. The van der Waals surface area contributed by atoms with Gasteiger partial charge in [0.05, 0.1) is 24.7 Å². The molecule has 0 amide bonds. The summed E-state index contributed by atoms with van der Waals surface area (Å²) >= 11 is 0. The molecule has 4 aliphatic rings. The summed E-state index contributed by atoms with van der Waals surface area (Å²) in [6.45, 7) is 3.02. The maximum atomic E-state index is 12.9. The predicted octanol–water partition coefficient (Wildman–Crippen LogP) is 3.00. The van der Waals surface area contributed by atoms with E-state index in [1.807, 2.05) is 6.07 Å². The van der Waals surface area contributed by atoms with Gasteiger partial charge in [-0.05, 0) is 43.0 Å². The number of Topliss-reactive ketones (excluding diaryl/α,β-unsaturated/α-hetero) is 1. The third-order valence-electron chi connectivity index (χ3n) is 6.39. The summed E-state index contributed by atoms with van der Waals surface area (Å²) in [7, 11) is 3.86. The van der Waals surface area contributed by atoms with Gasteiger partial charge >= 0.3 is 0 Å². The molecule has 3 fully saturated rings. The third kappa shape index (κ3) is 1.59. The molecule has 4 heteroatoms. The van der Waals surface area contributed by atoms with Gasteiger partial charge in [-0.15, -0.1) is 0 Å². The maximum Gasteiger partial charge on any atom is 0.157 e. The first-order valence-electron chi connectivity index (χ1n) is 8.73. The van der Waals surface area contributed by atoms with Crippen molar-refractivity contribution in [3.05, 3.63) is 41.1 Å². The van der Waals surface area contributed by atoms with E-state index in [-0.39, 0.29) is 12.0 Å². The highest BCUT2D eigenvalue weighted by Crippen LogP contribution is 2.51. The summed E-state index contributed by atoms with van der Waals surface area (Å²) in [4.78, 5) is 15.4. The lowest BCUT2D eigenvalue weighted by molar-refractivity contribution is -0.137. The number of aromatic nitrogens is 1. The molecule has 1 unspecified atom stereocenters. The molecule has 1 aromatic carbocycles. The van der Waals surface area contributed by atoms with E-state index in [0.717, 1.165) is 25.1 Å². The molecule has 4 bridgehead atoms. The van der Waals surface area contributed by atoms with Crippen LogP contribution in [0.25, 0.3) is 10.9 Å². The first kappa shape index (κ1) is 14.3. The van der Waals surface area contributed by atoms with Crippen LogP contribution in [0.1, 0.15) is 30.6 Å². The van der Waals surface area contributed by atoms with Crippen LogP contribution in [0.2, 0.25) is 0 Å². The number of methoxy groups -OCH3 is 1. The molecule has 0 radical (unpaired) electrons. The zero-order valence-electron chi connectivity index (χ0n) is 14.4. The number of ketones is 1. The number of hydrogen-bond acceptors (Lipinski definition) is 3. The van der Waals surface area contributed by atoms with Crippen molar-refractivity contribution < 1.29 is 9.53 Å². The molecule has 0 saturated carbocycles. The standard InChI is InChI=1S/C20H22N2O2/c1-4-11-10-22-17-8-14(11)20(23)18(22)9-15-13-6-5-12(24-3)7-16(13)21(2)19(15)17/h4-7,14,17-18H,8-10H2,1-3H3/b11-4-/t14-,17-,18-/m0/s1. The van der Waals surface area contributed by atoms with Crippen molar-refractivity contribution in [3.8, 4) is 5.75 Å². The van der Waals surface area contributed by atoms with Gasteiger partial charge in [-0.3, -0.25) is 9.69 Å². The van der Waals surface area contributed by atoms with E-state index >= 15 is 0 Å². The highest BCUT2D eigenvalue weighted by Gasteiger charge is 2.52. The smallest absolute Gasteiger partial charge is 0.157 e. The number of rotatable bonds is 1. The molecule has 0 aliphatic carbocycles. The molecule has 24 heavy (non-hydrogen) atoms. The largest absolute Gasteiger partial charge is 0.497 e. The fraction of sp³-hybridized carbons (Fsp3) is 0.450. The Labute approximate surface area is 141 Å². The van der Waals surface area contributed by atoms with Gasteiger partial charge in [0, 0.05) is 36.7 Å². The monoisotopic (exact) mass is 322 g/mol. The Morgan fingerprint density at radius 1 is 1.29 bits per heavy atom. The summed E-state index contributed by atoms with van der Waals surface area (Å²) in [5.74, 6) is 1.45. The molecule has 4 nitrogen and oxygen atoms in total. The lowest BCUT2D eigenvalue weighted by Gasteiger charge is -2.53. The van der Waals surface area contributed by atoms with Gasteiger partial charge < -0.3 is 9.30 Å². The fourth-order valence-electron chi connectivity index (χ4n) is 5.22. The van der Waals surface area contributed by atoms with Crippen LogP contribution in [0.3, 0.4) is 0 Å². The van der Waals surface area contributed by atoms with Crippen LogP contribution < -0.4 is 4.74 Å². The fourth-order valence-corrected chi connectivity index (χ4v) is 5.22. The molecule has 124 valence electrons. The van der Waals surface area contributed by atoms with Crippen LogP contribution in [0.15, 0.2) is 29.8 Å². The molecular weight excluding hydrogens is 300 g/mol. The van der Waals surface area contributed by atoms with Gasteiger partial charge in [-0.1, -0.05) is 6.08 Å². The number of aryl methyl sites for hydroxylation is 1. The number of fused-ring (bicyclic) bond motifs is 4. The zero-order valence-corrected chi connectivity index (χ0v) is 14.4. The second kappa shape index (κ2) is 4.73. The normalized spacial score (nSPS) is 32.5. The molecule has 4 aliphatic heterocycles. The first-order valence-corrected chi connectivity index (χ1v) is 8.73. The van der Waals surface area contributed by atoms with E-state index in [9.17, 15) is 4.79 Å². The van der Waals surface area contributed by atoms with E-state index in [2.05, 4.69) is 41.6 Å². The van der Waals surface area contributed by atoms with Crippen molar-refractivity contribution in [1.82, 2.24) is 9.47 Å². The van der Waals surface area contributed by atoms with Gasteiger partial charge in [-0.2, -0.15) is 0 Å². The molecule has 2 aromatic rings. The van der Waals surface area contributed by atoms with Crippen LogP contribution in [0, 0.1) is 5.92 Å². The Morgan fingerprint density at radius 2 is 2.12 bits per heavy atom. The number of carbonyl (C=O) groups is 1. The van der Waals surface area contributed by atoms with Gasteiger partial charge in [-0.25, -0.2) is 0 Å². The Morgan fingerprint density at radius 3 is 2.88 bits per heavy atom. The number of nitrogens with zero attached hydrogens (tertiary/aromatic N) is 2. The van der Waals surface area contributed by atoms with E-state index < -0.39 is 0 Å². The molecule has 0 spiro atoms. The first-order chi connectivity index (χ1) is 11.6. The lowest BCUT2D eigenvalue weighted by atomic mass is 9.69. The van der Waals surface area contributed by atoms with Crippen LogP contribution >= 0.6 is 0 Å². The minimum atomic E-state index is 0.0673. The third-order valence-corrected chi connectivity index (χ3v) is 6.39. The minimum Gasteiger partial charge on any atom is -0.497 e. The van der Waals surface area contributed by atoms with Gasteiger partial charge in [0.25, 0.3) is 0 Å². The number of piperidine rings is 3. The molecule has 3 saturated heterocycles. The maximum absolute atomic E-state index is 12.9. The summed E-state index contributed by atoms with van der Waals surface area (Å²) < 4.78 is 7.73. The van der Waals surface area contributed by atoms with Crippen molar-refractivity contribution >= 4 is 16.7 Å². The Kier molecular flexibility index (Phi) is 2.82. The van der Waals surface area contributed by atoms with Crippen LogP contribution in [-0.2, 0) is 18.3 Å². The quantitative estimate of drug-likeness (QED) is 0.757. The van der Waals surface area contributed by atoms with Crippen LogP contribution in [-0.4, -0.2) is 34.9 Å². The molecule has 1 aromatic heterocycles. The van der Waals surface area contributed by atoms with E-state index in [0.29, 0.717) is 11.8 Å². The Balaban J connectivity index is 1.72. The van der Waals surface area contributed by atoms with Crippen molar-refractivity contribution in [2.24, 2.45) is 13.0 Å². The second-order valence-corrected chi connectivity index (χ2v) is 7.27. The predicted molar refractivity (Wildman–Crippen MR) is 93.3 cm³/mol. The summed E-state index contributed by atoms with van der Waals surface area (Å²) in [6, 6.07) is 6.73. The van der Waals surface area contributed by atoms with E-state index in [1.54, 1.807) is 7.11 Å². The Hall–Kier alpha value is -2.07. The lowest BCUT2D eigenvalue weighted by Crippen LogP contribution is -2.60. The van der Waals surface area contributed by atoms with E-state index in [4.69, 9.17) is 4.74 Å².